The maximum absolute atomic E-state index is 14.3. The maximum atomic E-state index is 14.3. The number of aromatic amines is 1. The lowest BCUT2D eigenvalue weighted by Crippen LogP contribution is -2.52. The lowest BCUT2D eigenvalue weighted by atomic mass is 9.89. The smallest absolute Gasteiger partial charge is 0.414 e. The van der Waals surface area contributed by atoms with E-state index in [9.17, 15) is 27.2 Å². The predicted molar refractivity (Wildman–Crippen MR) is 121 cm³/mol. The normalized spacial score (nSPS) is 27.7. The zero-order chi connectivity index (χ0) is 26.3. The minimum absolute atomic E-state index is 0.147. The Hall–Kier alpha value is -3.22. The summed E-state index contributed by atoms with van der Waals surface area (Å²) in [6, 6.07) is 2.12. The first-order valence-corrected chi connectivity index (χ1v) is 12.2. The number of hydrogen-bond donors (Lipinski definition) is 2. The second kappa shape index (κ2) is 9.92. The van der Waals surface area contributed by atoms with E-state index in [1.807, 2.05) is 0 Å². The molecule has 5 heterocycles. The molecule has 3 aliphatic heterocycles. The average molecular weight is 526 g/mol. The maximum Gasteiger partial charge on any atom is 0.414 e. The van der Waals surface area contributed by atoms with Gasteiger partial charge in [-0.15, -0.1) is 0 Å². The monoisotopic (exact) mass is 525 g/mol. The molecule has 0 spiro atoms. The van der Waals surface area contributed by atoms with Gasteiger partial charge in [0.05, 0.1) is 31.6 Å². The Balaban J connectivity index is 1.20. The van der Waals surface area contributed by atoms with Gasteiger partial charge in [0.2, 0.25) is 11.8 Å². The van der Waals surface area contributed by atoms with Crippen molar-refractivity contribution in [2.75, 3.05) is 13.7 Å². The molecule has 0 aromatic carbocycles. The van der Waals surface area contributed by atoms with Crippen molar-refractivity contribution in [2.24, 2.45) is 5.92 Å². The van der Waals surface area contributed by atoms with Gasteiger partial charge in [-0.2, -0.15) is 18.3 Å². The molecule has 200 valence electrons. The molecular weight excluding hydrogens is 498 g/mol. The molecule has 9 nitrogen and oxygen atoms in total. The standard InChI is InChI=1S/C24H27F4N5O4/c1-36-21-8-16(17(25)10-29-21)18-9-19(32-31-18)23(35)33-14-3-4-15(33)7-12(6-14)22(34)30-13-2-5-20(37-11-13)24(26,27)28/h8-10,12-15,20H,2-7,11H2,1H3,(H,30,34)(H,31,32)/t12?,13-,14?,15?,20-/m0/s1. The molecule has 0 aliphatic carbocycles. The minimum Gasteiger partial charge on any atom is -0.481 e. The largest absolute Gasteiger partial charge is 0.481 e. The number of nitrogens with zero attached hydrogens (tertiary/aromatic N) is 3. The van der Waals surface area contributed by atoms with Gasteiger partial charge in [0, 0.05) is 29.6 Å². The van der Waals surface area contributed by atoms with E-state index in [-0.39, 0.29) is 72.1 Å². The number of carbonyl (C=O) groups excluding carboxylic acids is 2. The Labute approximate surface area is 209 Å². The van der Waals surface area contributed by atoms with Gasteiger partial charge in [0.15, 0.2) is 11.9 Å². The van der Waals surface area contributed by atoms with Crippen LogP contribution in [0.2, 0.25) is 0 Å². The Morgan fingerprint density at radius 1 is 1.16 bits per heavy atom. The molecular formula is C24H27F4N5O4. The summed E-state index contributed by atoms with van der Waals surface area (Å²) in [6.07, 6.45) is -2.73. The number of piperidine rings is 1. The molecule has 3 fully saturated rings. The molecule has 2 N–H and O–H groups in total. The quantitative estimate of drug-likeness (QED) is 0.581. The summed E-state index contributed by atoms with van der Waals surface area (Å²) >= 11 is 0. The van der Waals surface area contributed by atoms with E-state index in [2.05, 4.69) is 20.5 Å². The van der Waals surface area contributed by atoms with Crippen molar-refractivity contribution in [2.45, 2.75) is 68.9 Å². The fraction of sp³-hybridized carbons (Fsp3) is 0.583. The molecule has 2 bridgehead atoms. The van der Waals surface area contributed by atoms with E-state index < -0.39 is 24.1 Å². The first-order valence-electron chi connectivity index (χ1n) is 12.2. The van der Waals surface area contributed by atoms with Crippen LogP contribution in [0.1, 0.15) is 49.0 Å². The summed E-state index contributed by atoms with van der Waals surface area (Å²) < 4.78 is 62.6. The van der Waals surface area contributed by atoms with Gasteiger partial charge < -0.3 is 19.7 Å². The summed E-state index contributed by atoms with van der Waals surface area (Å²) in [5, 5.41) is 9.63. The lowest BCUT2D eigenvalue weighted by molar-refractivity contribution is -0.232. The van der Waals surface area contributed by atoms with Crippen molar-refractivity contribution in [3.63, 3.8) is 0 Å². The highest BCUT2D eigenvalue weighted by Gasteiger charge is 2.47. The van der Waals surface area contributed by atoms with Gasteiger partial charge in [0.1, 0.15) is 5.69 Å². The van der Waals surface area contributed by atoms with Gasteiger partial charge in [-0.05, 0) is 44.6 Å². The van der Waals surface area contributed by atoms with Gasteiger partial charge in [-0.25, -0.2) is 9.37 Å². The minimum atomic E-state index is -4.40. The molecule has 0 saturated carbocycles. The van der Waals surface area contributed by atoms with Gasteiger partial charge in [0.25, 0.3) is 5.91 Å². The molecule has 3 saturated heterocycles. The molecule has 5 rings (SSSR count). The van der Waals surface area contributed by atoms with Crippen LogP contribution in [0.5, 0.6) is 5.88 Å². The summed E-state index contributed by atoms with van der Waals surface area (Å²) in [7, 11) is 1.41. The topological polar surface area (TPSA) is 109 Å². The molecule has 2 aromatic rings. The van der Waals surface area contributed by atoms with Crippen molar-refractivity contribution < 1.29 is 36.6 Å². The number of ether oxygens (including phenoxy) is 2. The molecule has 13 heteroatoms. The number of fused-ring (bicyclic) bond motifs is 2. The predicted octanol–water partition coefficient (Wildman–Crippen LogP) is 3.23. The van der Waals surface area contributed by atoms with E-state index >= 15 is 0 Å². The summed E-state index contributed by atoms with van der Waals surface area (Å²) in [4.78, 5) is 31.8. The van der Waals surface area contributed by atoms with E-state index in [4.69, 9.17) is 9.47 Å². The highest BCUT2D eigenvalue weighted by Crippen LogP contribution is 2.40. The Bertz CT molecular complexity index is 1150. The number of halogens is 4. The third kappa shape index (κ3) is 5.13. The van der Waals surface area contributed by atoms with Crippen molar-refractivity contribution in [1.29, 1.82) is 0 Å². The van der Waals surface area contributed by atoms with Crippen LogP contribution in [-0.2, 0) is 9.53 Å². The number of pyridine rings is 1. The van der Waals surface area contributed by atoms with Gasteiger partial charge >= 0.3 is 6.18 Å². The Morgan fingerprint density at radius 2 is 1.89 bits per heavy atom. The van der Waals surface area contributed by atoms with Crippen LogP contribution in [-0.4, -0.2) is 76.0 Å². The van der Waals surface area contributed by atoms with Crippen LogP contribution >= 0.6 is 0 Å². The zero-order valence-corrected chi connectivity index (χ0v) is 20.1. The number of amides is 2. The van der Waals surface area contributed by atoms with Crippen LogP contribution in [0.4, 0.5) is 17.6 Å². The average Bonchev–Trinajstić information content (AvgIpc) is 3.46. The molecule has 2 amide bonds. The Kier molecular flexibility index (Phi) is 6.82. The van der Waals surface area contributed by atoms with Crippen molar-refractivity contribution in [3.8, 4) is 17.1 Å². The summed E-state index contributed by atoms with van der Waals surface area (Å²) in [6.45, 7) is -0.174. The first kappa shape index (κ1) is 25.4. The molecule has 3 aliphatic rings. The zero-order valence-electron chi connectivity index (χ0n) is 20.1. The number of rotatable bonds is 5. The molecule has 0 radical (unpaired) electrons. The number of carbonyl (C=O) groups is 2. The van der Waals surface area contributed by atoms with E-state index in [0.29, 0.717) is 12.8 Å². The van der Waals surface area contributed by atoms with Crippen LogP contribution < -0.4 is 10.1 Å². The molecule has 4 atom stereocenters. The molecule has 2 aromatic heterocycles. The third-order valence-electron chi connectivity index (χ3n) is 7.45. The molecule has 37 heavy (non-hydrogen) atoms. The van der Waals surface area contributed by atoms with Crippen molar-refractivity contribution in [3.05, 3.63) is 29.8 Å². The molecule has 2 unspecified atom stereocenters. The van der Waals surface area contributed by atoms with Crippen molar-refractivity contribution in [1.82, 2.24) is 25.4 Å². The first-order chi connectivity index (χ1) is 17.6. The van der Waals surface area contributed by atoms with Gasteiger partial charge in [-0.1, -0.05) is 0 Å². The second-order valence-corrected chi connectivity index (χ2v) is 9.79. The van der Waals surface area contributed by atoms with Crippen LogP contribution in [0.3, 0.4) is 0 Å². The van der Waals surface area contributed by atoms with Crippen LogP contribution in [0.15, 0.2) is 18.3 Å². The van der Waals surface area contributed by atoms with Crippen LogP contribution in [0.25, 0.3) is 11.3 Å². The Morgan fingerprint density at radius 3 is 2.51 bits per heavy atom. The highest BCUT2D eigenvalue weighted by atomic mass is 19.4. The van der Waals surface area contributed by atoms with E-state index in [1.165, 1.54) is 19.2 Å². The van der Waals surface area contributed by atoms with Gasteiger partial charge in [-0.3, -0.25) is 14.7 Å². The fourth-order valence-corrected chi connectivity index (χ4v) is 5.60. The highest BCUT2D eigenvalue weighted by molar-refractivity contribution is 5.94. The van der Waals surface area contributed by atoms with Crippen LogP contribution in [0, 0.1) is 11.7 Å². The number of H-pyrrole nitrogens is 1. The lowest BCUT2D eigenvalue weighted by Gasteiger charge is -2.39. The number of nitrogens with one attached hydrogen (secondary N) is 2. The van der Waals surface area contributed by atoms with E-state index in [0.717, 1.165) is 19.0 Å². The van der Waals surface area contributed by atoms with Crippen molar-refractivity contribution >= 4 is 11.8 Å². The number of alkyl halides is 3. The fourth-order valence-electron chi connectivity index (χ4n) is 5.60. The number of aromatic nitrogens is 3. The summed E-state index contributed by atoms with van der Waals surface area (Å²) in [5.41, 5.74) is 0.600. The number of methoxy groups -OCH3 is 1. The third-order valence-corrected chi connectivity index (χ3v) is 7.45. The second-order valence-electron chi connectivity index (χ2n) is 9.79. The van der Waals surface area contributed by atoms with E-state index in [1.54, 1.807) is 4.90 Å². The summed E-state index contributed by atoms with van der Waals surface area (Å²) in [5.74, 6) is -1.21. The number of hydrogen-bond acceptors (Lipinski definition) is 6. The SMILES string of the molecule is COc1cc(-c2cc(C(=O)N3C4CCC3CC(C(=O)N[C@H]3CC[C@@H](C(F)(F)F)OC3)C4)[nH]n2)c(F)cn1.